The zero-order chi connectivity index (χ0) is 29.9. The minimum atomic E-state index is -5.65. The molecule has 2 aliphatic rings. The van der Waals surface area contributed by atoms with Gasteiger partial charge in [0.05, 0.1) is 13.2 Å². The second-order valence-corrected chi connectivity index (χ2v) is 10.4. The van der Waals surface area contributed by atoms with Crippen molar-refractivity contribution in [2.75, 3.05) is 19.8 Å². The molecular weight excluding hydrogens is 542 g/mol. The summed E-state index contributed by atoms with van der Waals surface area (Å²) >= 11 is 0. The van der Waals surface area contributed by atoms with E-state index in [9.17, 15) is 35.9 Å². The van der Waals surface area contributed by atoms with Crippen LogP contribution in [0.5, 0.6) is 0 Å². The Bertz CT molecular complexity index is 1110. The van der Waals surface area contributed by atoms with Gasteiger partial charge in [0.25, 0.3) is 11.5 Å². The van der Waals surface area contributed by atoms with Crippen molar-refractivity contribution in [1.29, 1.82) is 0 Å². The Balaban J connectivity index is 1.63. The summed E-state index contributed by atoms with van der Waals surface area (Å²) < 4.78 is 92.7. The number of allylic oxidation sites excluding steroid dienone is 1. The highest BCUT2D eigenvalue weighted by Crippen LogP contribution is 2.59. The number of fused-ring (bicyclic) bond motifs is 1. The summed E-state index contributed by atoms with van der Waals surface area (Å²) in [6, 6.07) is 7.06. The third kappa shape index (κ3) is 5.93. The molecule has 6 nitrogen and oxygen atoms in total. The summed E-state index contributed by atoms with van der Waals surface area (Å²) in [4.78, 5) is 25.6. The average Bonchev–Trinajstić information content (AvgIpc) is 3.29. The predicted molar refractivity (Wildman–Crippen MR) is 135 cm³/mol. The molecule has 1 heterocycles. The molecule has 0 spiro atoms. The van der Waals surface area contributed by atoms with Crippen LogP contribution in [0, 0.1) is 18.8 Å². The fraction of sp³-hybridized carbons (Fsp3) is 0.571. The van der Waals surface area contributed by atoms with Crippen LogP contribution in [0.1, 0.15) is 50.7 Å². The summed E-state index contributed by atoms with van der Waals surface area (Å²) in [7, 11) is 0. The molecule has 3 rings (SSSR count). The number of carbonyl (C=O) groups is 2. The Kier molecular flexibility index (Phi) is 9.45. The molecule has 1 aliphatic carbocycles. The van der Waals surface area contributed by atoms with Gasteiger partial charge in [0.15, 0.2) is 0 Å². The summed E-state index contributed by atoms with van der Waals surface area (Å²) in [5.74, 6) is -3.44. The van der Waals surface area contributed by atoms with E-state index in [0.29, 0.717) is 36.8 Å². The number of benzene rings is 1. The molecule has 1 aliphatic heterocycles. The Labute approximate surface area is 229 Å². The van der Waals surface area contributed by atoms with E-state index in [1.54, 1.807) is 19.1 Å². The molecule has 1 aromatic rings. The first-order valence-electron chi connectivity index (χ1n) is 13.1. The van der Waals surface area contributed by atoms with E-state index in [-0.39, 0.29) is 25.3 Å². The summed E-state index contributed by atoms with van der Waals surface area (Å²) in [5.41, 5.74) is 2.44. The van der Waals surface area contributed by atoms with Crippen LogP contribution < -0.4 is 5.73 Å². The minimum Gasteiger partial charge on any atom is -0.494 e. The summed E-state index contributed by atoms with van der Waals surface area (Å²) in [6.45, 7) is 4.57. The van der Waals surface area contributed by atoms with Gasteiger partial charge in [-0.15, -0.1) is 0 Å². The van der Waals surface area contributed by atoms with E-state index in [4.69, 9.17) is 10.5 Å². The van der Waals surface area contributed by atoms with Gasteiger partial charge in [-0.1, -0.05) is 49.2 Å². The predicted octanol–water partition coefficient (Wildman–Crippen LogP) is 5.70. The smallest absolute Gasteiger partial charge is 0.427 e. The van der Waals surface area contributed by atoms with Crippen LogP contribution in [0.2, 0.25) is 0 Å². The Morgan fingerprint density at radius 3 is 2.33 bits per heavy atom. The number of imide groups is 1. The second kappa shape index (κ2) is 11.9. The number of nitrogens with zero attached hydrogens (tertiary/aromatic N) is 1. The van der Waals surface area contributed by atoms with Crippen molar-refractivity contribution < 1.29 is 45.4 Å². The molecule has 0 bridgehead atoms. The van der Waals surface area contributed by atoms with Crippen LogP contribution in [0.15, 0.2) is 47.7 Å². The molecule has 0 radical (unpaired) electrons. The molecule has 222 valence electrons. The Morgan fingerprint density at radius 1 is 1.15 bits per heavy atom. The van der Waals surface area contributed by atoms with Crippen LogP contribution in [-0.2, 0) is 24.6 Å². The van der Waals surface area contributed by atoms with Gasteiger partial charge in [0.2, 0.25) is 6.41 Å². The van der Waals surface area contributed by atoms with Crippen molar-refractivity contribution in [3.05, 3.63) is 58.9 Å². The lowest BCUT2D eigenvalue weighted by Crippen LogP contribution is -2.60. The van der Waals surface area contributed by atoms with Gasteiger partial charge >= 0.3 is 12.4 Å². The molecule has 2 amide bonds. The second-order valence-electron chi connectivity index (χ2n) is 10.4. The van der Waals surface area contributed by atoms with Crippen LogP contribution in [0.4, 0.5) is 26.3 Å². The summed E-state index contributed by atoms with van der Waals surface area (Å²) in [6.07, 6.45) is -7.41. The molecule has 0 saturated carbocycles. The minimum absolute atomic E-state index is 0.0548. The zero-order valence-electron chi connectivity index (χ0n) is 22.6. The zero-order valence-corrected chi connectivity index (χ0v) is 22.6. The topological polar surface area (TPSA) is 81.9 Å². The monoisotopic (exact) mass is 576 g/mol. The lowest BCUT2D eigenvalue weighted by molar-refractivity contribution is -0.376. The van der Waals surface area contributed by atoms with Crippen LogP contribution in [-0.4, -0.2) is 54.9 Å². The van der Waals surface area contributed by atoms with Gasteiger partial charge in [0, 0.05) is 18.4 Å². The first-order valence-corrected chi connectivity index (χ1v) is 13.1. The van der Waals surface area contributed by atoms with Gasteiger partial charge in [-0.2, -0.15) is 26.3 Å². The largest absolute Gasteiger partial charge is 0.494 e. The molecule has 0 aromatic heterocycles. The van der Waals surface area contributed by atoms with Crippen molar-refractivity contribution in [3.63, 3.8) is 0 Å². The van der Waals surface area contributed by atoms with Crippen LogP contribution >= 0.6 is 0 Å². The number of amides is 2. The number of hydrogen-bond donors (Lipinski definition) is 1. The maximum absolute atomic E-state index is 13.7. The SMILES string of the molecule is CCCC1=C(OCCCCN(C=O)C(=O)C(C)(N)c2ccc(C)cc2)C=CC2C1COC2(C(F)(F)F)C(F)(F)F. The van der Waals surface area contributed by atoms with Gasteiger partial charge in [0.1, 0.15) is 11.3 Å². The van der Waals surface area contributed by atoms with Crippen LogP contribution in [0.25, 0.3) is 0 Å². The number of unbranched alkanes of at least 4 members (excludes halogenated alkanes) is 1. The molecule has 40 heavy (non-hydrogen) atoms. The third-order valence-corrected chi connectivity index (χ3v) is 7.51. The molecule has 3 atom stereocenters. The fourth-order valence-electron chi connectivity index (χ4n) is 5.28. The summed E-state index contributed by atoms with van der Waals surface area (Å²) in [5, 5.41) is 0. The van der Waals surface area contributed by atoms with E-state index in [2.05, 4.69) is 4.74 Å². The third-order valence-electron chi connectivity index (χ3n) is 7.51. The van der Waals surface area contributed by atoms with Crippen molar-refractivity contribution in [3.8, 4) is 0 Å². The maximum Gasteiger partial charge on any atom is 0.427 e. The number of hydrogen-bond acceptors (Lipinski definition) is 5. The number of nitrogens with two attached hydrogens (primary N) is 1. The first kappa shape index (κ1) is 31.7. The highest BCUT2D eigenvalue weighted by molar-refractivity contribution is 5.93. The standard InChI is InChI=1S/C28H34F6N2O4/c1-4-7-20-21-16-40-26(27(29,30)31,28(32,33)34)22(21)12-13-23(20)39-15-6-5-14-36(17-37)24(38)25(3,35)19-10-8-18(2)9-11-19/h8-13,17,21-22H,4-7,14-16,35H2,1-3H3. The number of aryl methyl sites for hydroxylation is 1. The van der Waals surface area contributed by atoms with Crippen molar-refractivity contribution in [1.82, 2.24) is 4.90 Å². The fourth-order valence-corrected chi connectivity index (χ4v) is 5.28. The van der Waals surface area contributed by atoms with E-state index >= 15 is 0 Å². The molecule has 1 saturated heterocycles. The number of ether oxygens (including phenoxy) is 2. The van der Waals surface area contributed by atoms with Gasteiger partial charge in [-0.05, 0) is 50.3 Å². The number of halogens is 6. The molecular formula is C28H34F6N2O4. The average molecular weight is 577 g/mol. The number of carbonyl (C=O) groups excluding carboxylic acids is 2. The molecule has 3 unspecified atom stereocenters. The van der Waals surface area contributed by atoms with Gasteiger partial charge in [-0.25, -0.2) is 0 Å². The van der Waals surface area contributed by atoms with Gasteiger partial charge < -0.3 is 15.2 Å². The van der Waals surface area contributed by atoms with E-state index in [1.807, 2.05) is 19.1 Å². The number of alkyl halides is 6. The molecule has 1 aromatic carbocycles. The lowest BCUT2D eigenvalue weighted by atomic mass is 9.73. The maximum atomic E-state index is 13.7. The van der Waals surface area contributed by atoms with Crippen molar-refractivity contribution in [2.45, 2.75) is 69.9 Å². The molecule has 2 N–H and O–H groups in total. The lowest BCUT2D eigenvalue weighted by Gasteiger charge is -2.38. The quantitative estimate of drug-likeness (QED) is 0.208. The normalized spacial score (nSPS) is 22.1. The van der Waals surface area contributed by atoms with Crippen molar-refractivity contribution >= 4 is 12.3 Å². The van der Waals surface area contributed by atoms with E-state index in [1.165, 1.54) is 6.92 Å². The Morgan fingerprint density at radius 2 is 1.77 bits per heavy atom. The van der Waals surface area contributed by atoms with Crippen molar-refractivity contribution in [2.24, 2.45) is 17.6 Å². The van der Waals surface area contributed by atoms with Crippen LogP contribution in [0.3, 0.4) is 0 Å². The molecule has 12 heteroatoms. The highest BCUT2D eigenvalue weighted by atomic mass is 19.4. The van der Waals surface area contributed by atoms with E-state index < -0.39 is 47.8 Å². The first-order chi connectivity index (χ1) is 18.6. The van der Waals surface area contributed by atoms with Gasteiger partial charge in [-0.3, -0.25) is 14.5 Å². The number of rotatable bonds is 11. The highest BCUT2D eigenvalue weighted by Gasteiger charge is 2.79. The molecule has 1 fully saturated rings. The van der Waals surface area contributed by atoms with E-state index in [0.717, 1.165) is 22.6 Å². The Hall–Kier alpha value is -2.86.